The fraction of sp³-hybridized carbons (Fsp3) is 0.391. The second-order valence-electron chi connectivity index (χ2n) is 8.24. The summed E-state index contributed by atoms with van der Waals surface area (Å²) in [5.41, 5.74) is -1.54. The molecule has 2 aromatic carbocycles. The van der Waals surface area contributed by atoms with Crippen molar-refractivity contribution in [1.29, 1.82) is 0 Å². The molecule has 27 heavy (non-hydrogen) atoms. The first-order valence-electron chi connectivity index (χ1n) is 9.45. The Hall–Kier alpha value is -2.17. The second-order valence-corrected chi connectivity index (χ2v) is 8.24. The van der Waals surface area contributed by atoms with Gasteiger partial charge >= 0.3 is 0 Å². The van der Waals surface area contributed by atoms with Gasteiger partial charge in [-0.1, -0.05) is 43.3 Å². The molecule has 0 aliphatic heterocycles. The van der Waals surface area contributed by atoms with Crippen molar-refractivity contribution in [3.8, 4) is 5.75 Å². The third-order valence-corrected chi connectivity index (χ3v) is 6.80. The van der Waals surface area contributed by atoms with Gasteiger partial charge in [-0.05, 0) is 61.4 Å². The first-order valence-corrected chi connectivity index (χ1v) is 9.45. The lowest BCUT2D eigenvalue weighted by Gasteiger charge is -2.57. The zero-order valence-electron chi connectivity index (χ0n) is 15.6. The van der Waals surface area contributed by atoms with E-state index >= 15 is 0 Å². The number of fused-ring (bicyclic) bond motifs is 3. The monoisotopic (exact) mass is 368 g/mol. The van der Waals surface area contributed by atoms with Crippen LogP contribution in [0.2, 0.25) is 0 Å². The molecule has 3 nitrogen and oxygen atoms in total. The van der Waals surface area contributed by atoms with Gasteiger partial charge < -0.3 is 15.3 Å². The van der Waals surface area contributed by atoms with Crippen LogP contribution in [0.1, 0.15) is 49.8 Å². The van der Waals surface area contributed by atoms with Crippen molar-refractivity contribution in [2.24, 2.45) is 5.92 Å². The number of aliphatic hydroxyl groups is 2. The van der Waals surface area contributed by atoms with Gasteiger partial charge in [-0.25, -0.2) is 4.39 Å². The molecule has 0 saturated heterocycles. The second kappa shape index (κ2) is 5.91. The van der Waals surface area contributed by atoms with Gasteiger partial charge in [0.25, 0.3) is 0 Å². The number of aromatic hydroxyl groups is 1. The van der Waals surface area contributed by atoms with Gasteiger partial charge in [-0.3, -0.25) is 0 Å². The van der Waals surface area contributed by atoms with Crippen LogP contribution in [0, 0.1) is 5.92 Å². The molecule has 3 N–H and O–H groups in total. The molecule has 0 aromatic heterocycles. The number of phenols is 1. The van der Waals surface area contributed by atoms with E-state index in [4.69, 9.17) is 0 Å². The Morgan fingerprint density at radius 3 is 2.48 bits per heavy atom. The molecular formula is C23H25FO3. The molecule has 2 aromatic rings. The van der Waals surface area contributed by atoms with Crippen molar-refractivity contribution >= 4 is 5.83 Å². The van der Waals surface area contributed by atoms with E-state index in [1.54, 1.807) is 25.1 Å². The largest absolute Gasteiger partial charge is 0.508 e. The fourth-order valence-electron chi connectivity index (χ4n) is 5.29. The van der Waals surface area contributed by atoms with Crippen molar-refractivity contribution in [2.75, 3.05) is 0 Å². The number of hydrogen-bond donors (Lipinski definition) is 3. The Kier molecular flexibility index (Phi) is 3.99. The van der Waals surface area contributed by atoms with Crippen LogP contribution >= 0.6 is 0 Å². The maximum Gasteiger partial charge on any atom is 0.127 e. The molecular weight excluding hydrogens is 343 g/mol. The summed E-state index contributed by atoms with van der Waals surface area (Å²) >= 11 is 0. The van der Waals surface area contributed by atoms with E-state index < -0.39 is 16.6 Å². The molecule has 0 bridgehead atoms. The molecule has 1 fully saturated rings. The maximum absolute atomic E-state index is 14.9. The van der Waals surface area contributed by atoms with E-state index in [1.807, 2.05) is 37.3 Å². The van der Waals surface area contributed by atoms with Gasteiger partial charge in [-0.15, -0.1) is 0 Å². The summed E-state index contributed by atoms with van der Waals surface area (Å²) in [4.78, 5) is 0. The predicted octanol–water partition coefficient (Wildman–Crippen LogP) is 4.41. The summed E-state index contributed by atoms with van der Waals surface area (Å²) in [7, 11) is 0. The van der Waals surface area contributed by atoms with Crippen LogP contribution < -0.4 is 0 Å². The van der Waals surface area contributed by atoms with Crippen LogP contribution in [0.5, 0.6) is 5.75 Å². The van der Waals surface area contributed by atoms with Gasteiger partial charge in [0.05, 0.1) is 5.60 Å². The first-order chi connectivity index (χ1) is 12.7. The number of phenolic OH excluding ortho intramolecular Hbond substituents is 1. The summed E-state index contributed by atoms with van der Waals surface area (Å²) < 4.78 is 14.9. The Labute approximate surface area is 158 Å². The van der Waals surface area contributed by atoms with Gasteiger partial charge in [0, 0.05) is 11.0 Å². The van der Waals surface area contributed by atoms with Crippen molar-refractivity contribution in [2.45, 2.75) is 49.7 Å². The molecule has 0 radical (unpaired) electrons. The highest BCUT2D eigenvalue weighted by Crippen LogP contribution is 2.60. The lowest BCUT2D eigenvalue weighted by molar-refractivity contribution is -0.198. The van der Waals surface area contributed by atoms with Crippen molar-refractivity contribution < 1.29 is 19.7 Å². The smallest absolute Gasteiger partial charge is 0.127 e. The van der Waals surface area contributed by atoms with E-state index in [9.17, 15) is 19.7 Å². The molecule has 142 valence electrons. The number of allylic oxidation sites excluding steroid dienone is 1. The Balaban J connectivity index is 1.89. The predicted molar refractivity (Wildman–Crippen MR) is 103 cm³/mol. The van der Waals surface area contributed by atoms with Crippen molar-refractivity contribution in [3.63, 3.8) is 0 Å². The summed E-state index contributed by atoms with van der Waals surface area (Å²) in [6.45, 7) is 3.70. The van der Waals surface area contributed by atoms with Gasteiger partial charge in [-0.2, -0.15) is 0 Å². The molecule has 4 rings (SSSR count). The minimum absolute atomic E-state index is 0.0189. The zero-order chi connectivity index (χ0) is 19.4. The van der Waals surface area contributed by atoms with Crippen LogP contribution in [0.15, 0.2) is 54.6 Å². The lowest BCUT2D eigenvalue weighted by Crippen LogP contribution is -2.61. The third-order valence-electron chi connectivity index (χ3n) is 6.80. The number of rotatable bonds is 2. The molecule has 2 aliphatic carbocycles. The molecule has 0 heterocycles. The molecule has 1 saturated carbocycles. The van der Waals surface area contributed by atoms with Crippen LogP contribution in [0.25, 0.3) is 5.83 Å². The van der Waals surface area contributed by atoms with Gasteiger partial charge in [0.1, 0.15) is 17.2 Å². The summed E-state index contributed by atoms with van der Waals surface area (Å²) in [5, 5.41) is 32.8. The number of hydrogen-bond acceptors (Lipinski definition) is 3. The SMILES string of the molecule is CCC12CC(C)(O)C(O)(c3ccccc3)C[C@H]1C=C(F)c1cc(O)ccc12. The average Bonchev–Trinajstić information content (AvgIpc) is 2.64. The van der Waals surface area contributed by atoms with E-state index in [2.05, 4.69) is 0 Å². The van der Waals surface area contributed by atoms with Crippen LogP contribution in [0.4, 0.5) is 4.39 Å². The molecule has 0 amide bonds. The quantitative estimate of drug-likeness (QED) is 0.736. The highest BCUT2D eigenvalue weighted by Gasteiger charge is 2.60. The Morgan fingerprint density at radius 2 is 1.81 bits per heavy atom. The van der Waals surface area contributed by atoms with Crippen molar-refractivity contribution in [3.05, 3.63) is 71.3 Å². The van der Waals surface area contributed by atoms with Crippen LogP contribution in [-0.2, 0) is 11.0 Å². The minimum atomic E-state index is -1.47. The zero-order valence-corrected chi connectivity index (χ0v) is 15.6. The summed E-state index contributed by atoms with van der Waals surface area (Å²) in [6, 6.07) is 13.9. The lowest BCUT2D eigenvalue weighted by atomic mass is 9.50. The average molecular weight is 368 g/mol. The van der Waals surface area contributed by atoms with E-state index in [1.165, 1.54) is 6.07 Å². The van der Waals surface area contributed by atoms with E-state index in [0.29, 0.717) is 24.0 Å². The fourth-order valence-corrected chi connectivity index (χ4v) is 5.29. The standard InChI is InChI=1S/C23H25FO3/c1-3-22-14-21(2,26)23(27,15-7-5-4-6-8-15)13-16(22)11-20(24)18-12-17(25)9-10-19(18)22/h4-12,16,25-27H,3,13-14H2,1-2H3/t16-,21?,22?,23?/m1/s1. The van der Waals surface area contributed by atoms with Gasteiger partial charge in [0.2, 0.25) is 0 Å². The topological polar surface area (TPSA) is 60.7 Å². The minimum Gasteiger partial charge on any atom is -0.508 e. The molecule has 3 unspecified atom stereocenters. The normalized spacial score (nSPS) is 35.1. The summed E-state index contributed by atoms with van der Waals surface area (Å²) in [6.07, 6.45) is 2.79. The third kappa shape index (κ3) is 2.47. The van der Waals surface area contributed by atoms with Gasteiger partial charge in [0.15, 0.2) is 0 Å². The van der Waals surface area contributed by atoms with E-state index in [-0.39, 0.29) is 23.9 Å². The highest BCUT2D eigenvalue weighted by atomic mass is 19.1. The van der Waals surface area contributed by atoms with Crippen LogP contribution in [0.3, 0.4) is 0 Å². The first kappa shape index (κ1) is 18.2. The number of benzene rings is 2. The van der Waals surface area contributed by atoms with E-state index in [0.717, 1.165) is 5.56 Å². The summed E-state index contributed by atoms with van der Waals surface area (Å²) in [5.74, 6) is -0.623. The van der Waals surface area contributed by atoms with Crippen LogP contribution in [-0.4, -0.2) is 20.9 Å². The number of halogens is 1. The molecule has 2 aliphatic rings. The maximum atomic E-state index is 14.9. The molecule has 4 heteroatoms. The Bertz CT molecular complexity index is 905. The highest BCUT2D eigenvalue weighted by molar-refractivity contribution is 5.69. The molecule has 0 spiro atoms. The van der Waals surface area contributed by atoms with Crippen molar-refractivity contribution in [1.82, 2.24) is 0 Å². The Morgan fingerprint density at radius 1 is 1.11 bits per heavy atom. The molecule has 4 atom stereocenters.